The SMILES string of the molecule is CC(C)(C)C1CCC(C2=NN=C(C3CCC(C4CCCCC4)CC3)C2C2CCCCC2)CC1. The number of nitrogens with zero attached hydrogens (tertiary/aromatic N) is 2. The molecule has 0 N–H and O–H groups in total. The second-order valence-electron chi connectivity index (χ2n) is 13.8. The van der Waals surface area contributed by atoms with E-state index in [0.29, 0.717) is 11.3 Å². The van der Waals surface area contributed by atoms with Gasteiger partial charge in [-0.05, 0) is 105 Å². The Morgan fingerprint density at radius 3 is 1.39 bits per heavy atom. The van der Waals surface area contributed by atoms with Crippen LogP contribution >= 0.6 is 0 Å². The van der Waals surface area contributed by atoms with Crippen LogP contribution in [0, 0.1) is 46.8 Å². The predicted molar refractivity (Wildman–Crippen MR) is 142 cm³/mol. The van der Waals surface area contributed by atoms with Crippen molar-refractivity contribution in [2.24, 2.45) is 57.0 Å². The van der Waals surface area contributed by atoms with Crippen molar-refractivity contribution >= 4 is 11.4 Å². The zero-order chi connectivity index (χ0) is 22.8. The highest BCUT2D eigenvalue weighted by atomic mass is 15.2. The molecule has 0 spiro atoms. The van der Waals surface area contributed by atoms with Crippen LogP contribution in [0.3, 0.4) is 0 Å². The van der Waals surface area contributed by atoms with Crippen LogP contribution in [0.2, 0.25) is 0 Å². The van der Waals surface area contributed by atoms with Gasteiger partial charge in [-0.25, -0.2) is 0 Å². The van der Waals surface area contributed by atoms with Crippen LogP contribution in [0.1, 0.15) is 136 Å². The smallest absolute Gasteiger partial charge is 0.0527 e. The Morgan fingerprint density at radius 2 is 0.909 bits per heavy atom. The standard InChI is InChI=1S/C31H52N2/c1-31(2,3)27-20-18-26(19-21-27)30-28(24-12-8-5-9-13-24)29(32-33-30)25-16-14-23(15-17-25)22-10-6-4-7-11-22/h22-28H,4-21H2,1-3H3. The van der Waals surface area contributed by atoms with Crippen LogP contribution in [-0.2, 0) is 0 Å². The molecule has 5 rings (SSSR count). The second-order valence-corrected chi connectivity index (χ2v) is 13.8. The van der Waals surface area contributed by atoms with Crippen molar-refractivity contribution in [2.75, 3.05) is 0 Å². The number of hydrogen-bond acceptors (Lipinski definition) is 2. The first-order chi connectivity index (χ1) is 16.0. The van der Waals surface area contributed by atoms with Gasteiger partial charge >= 0.3 is 0 Å². The van der Waals surface area contributed by atoms with Crippen molar-refractivity contribution in [1.82, 2.24) is 0 Å². The summed E-state index contributed by atoms with van der Waals surface area (Å²) in [5.74, 6) is 5.88. The van der Waals surface area contributed by atoms with Crippen molar-refractivity contribution in [2.45, 2.75) is 136 Å². The molecule has 2 nitrogen and oxygen atoms in total. The van der Waals surface area contributed by atoms with E-state index in [1.165, 1.54) is 116 Å². The summed E-state index contributed by atoms with van der Waals surface area (Å²) >= 11 is 0. The fourth-order valence-electron chi connectivity index (χ4n) is 8.76. The molecule has 1 unspecified atom stereocenters. The molecular formula is C31H52N2. The van der Waals surface area contributed by atoms with Crippen LogP contribution in [-0.4, -0.2) is 11.4 Å². The molecule has 5 aliphatic rings. The highest BCUT2D eigenvalue weighted by Crippen LogP contribution is 2.47. The fraction of sp³-hybridized carbons (Fsp3) is 0.935. The first kappa shape index (κ1) is 24.1. The van der Waals surface area contributed by atoms with E-state index < -0.39 is 0 Å². The summed E-state index contributed by atoms with van der Waals surface area (Å²) in [6.45, 7) is 7.34. The maximum atomic E-state index is 5.08. The van der Waals surface area contributed by atoms with E-state index in [1.807, 2.05) is 0 Å². The van der Waals surface area contributed by atoms with Crippen molar-refractivity contribution in [3.63, 3.8) is 0 Å². The molecule has 1 aliphatic heterocycles. The Morgan fingerprint density at radius 1 is 0.485 bits per heavy atom. The van der Waals surface area contributed by atoms with E-state index >= 15 is 0 Å². The number of hydrogen-bond donors (Lipinski definition) is 0. The lowest BCUT2D eigenvalue weighted by Gasteiger charge is -2.40. The van der Waals surface area contributed by atoms with E-state index in [2.05, 4.69) is 20.8 Å². The van der Waals surface area contributed by atoms with Crippen LogP contribution < -0.4 is 0 Å². The van der Waals surface area contributed by atoms with Gasteiger partial charge in [0.1, 0.15) is 0 Å². The van der Waals surface area contributed by atoms with Crippen LogP contribution in [0.25, 0.3) is 0 Å². The highest BCUT2D eigenvalue weighted by molar-refractivity contribution is 6.12. The summed E-state index contributed by atoms with van der Waals surface area (Å²) in [5, 5.41) is 10.2. The molecule has 0 aromatic rings. The molecule has 0 aromatic carbocycles. The molecule has 4 fully saturated rings. The Balaban J connectivity index is 1.24. The van der Waals surface area contributed by atoms with Gasteiger partial charge in [-0.1, -0.05) is 72.1 Å². The summed E-state index contributed by atoms with van der Waals surface area (Å²) in [6.07, 6.45) is 26.0. The molecule has 4 saturated carbocycles. The third-order valence-corrected chi connectivity index (χ3v) is 10.9. The zero-order valence-electron chi connectivity index (χ0n) is 22.2. The first-order valence-electron chi connectivity index (χ1n) is 15.2. The Hall–Kier alpha value is -0.660. The number of rotatable bonds is 4. The highest BCUT2D eigenvalue weighted by Gasteiger charge is 2.43. The fourth-order valence-corrected chi connectivity index (χ4v) is 8.76. The summed E-state index contributed by atoms with van der Waals surface area (Å²) in [4.78, 5) is 0. The van der Waals surface area contributed by atoms with Crippen molar-refractivity contribution in [1.29, 1.82) is 0 Å². The van der Waals surface area contributed by atoms with Gasteiger partial charge in [0, 0.05) is 5.92 Å². The summed E-state index contributed by atoms with van der Waals surface area (Å²) in [6, 6.07) is 0. The van der Waals surface area contributed by atoms with E-state index in [9.17, 15) is 0 Å². The first-order valence-corrected chi connectivity index (χ1v) is 15.2. The maximum Gasteiger partial charge on any atom is 0.0527 e. The molecule has 1 atom stereocenters. The Bertz CT molecular complexity index is 685. The van der Waals surface area contributed by atoms with Gasteiger partial charge in [0.05, 0.1) is 11.4 Å². The lowest BCUT2D eigenvalue weighted by molar-refractivity contribution is 0.165. The van der Waals surface area contributed by atoms with Crippen LogP contribution in [0.15, 0.2) is 10.2 Å². The normalized spacial score (nSPS) is 37.6. The Kier molecular flexibility index (Phi) is 7.68. The largest absolute Gasteiger partial charge is 0.159 e. The van der Waals surface area contributed by atoms with E-state index in [1.54, 1.807) is 11.4 Å². The van der Waals surface area contributed by atoms with Gasteiger partial charge in [0.15, 0.2) is 0 Å². The molecule has 0 aromatic heterocycles. The van der Waals surface area contributed by atoms with Gasteiger partial charge in [-0.15, -0.1) is 0 Å². The average molecular weight is 453 g/mol. The molecule has 186 valence electrons. The van der Waals surface area contributed by atoms with Gasteiger partial charge in [0.2, 0.25) is 0 Å². The quantitative estimate of drug-likeness (QED) is 0.406. The molecule has 1 heterocycles. The lowest BCUT2D eigenvalue weighted by Crippen LogP contribution is -2.40. The summed E-state index contributed by atoms with van der Waals surface area (Å²) < 4.78 is 0. The molecule has 0 amide bonds. The van der Waals surface area contributed by atoms with Crippen molar-refractivity contribution in [3.05, 3.63) is 0 Å². The molecule has 33 heavy (non-hydrogen) atoms. The third-order valence-electron chi connectivity index (χ3n) is 10.9. The summed E-state index contributed by atoms with van der Waals surface area (Å²) in [5.41, 5.74) is 3.58. The molecule has 0 radical (unpaired) electrons. The minimum atomic E-state index is 0.462. The van der Waals surface area contributed by atoms with Crippen LogP contribution in [0.4, 0.5) is 0 Å². The molecule has 4 aliphatic carbocycles. The summed E-state index contributed by atoms with van der Waals surface area (Å²) in [7, 11) is 0. The second kappa shape index (κ2) is 10.5. The van der Waals surface area contributed by atoms with Crippen molar-refractivity contribution < 1.29 is 0 Å². The topological polar surface area (TPSA) is 24.7 Å². The van der Waals surface area contributed by atoms with Crippen molar-refractivity contribution in [3.8, 4) is 0 Å². The van der Waals surface area contributed by atoms with E-state index in [0.717, 1.165) is 35.5 Å². The average Bonchev–Trinajstić information content (AvgIpc) is 3.30. The molecule has 0 bridgehead atoms. The van der Waals surface area contributed by atoms with Gasteiger partial charge in [-0.2, -0.15) is 10.2 Å². The lowest BCUT2D eigenvalue weighted by atomic mass is 9.63. The third kappa shape index (κ3) is 5.45. The predicted octanol–water partition coefficient (Wildman–Crippen LogP) is 9.23. The van der Waals surface area contributed by atoms with Gasteiger partial charge in [0.25, 0.3) is 0 Å². The maximum absolute atomic E-state index is 5.08. The van der Waals surface area contributed by atoms with E-state index in [4.69, 9.17) is 10.2 Å². The van der Waals surface area contributed by atoms with Gasteiger partial charge in [-0.3, -0.25) is 0 Å². The monoisotopic (exact) mass is 452 g/mol. The minimum absolute atomic E-state index is 0.462. The molecular weight excluding hydrogens is 400 g/mol. The van der Waals surface area contributed by atoms with Crippen LogP contribution in [0.5, 0.6) is 0 Å². The van der Waals surface area contributed by atoms with E-state index in [-0.39, 0.29) is 0 Å². The zero-order valence-corrected chi connectivity index (χ0v) is 22.2. The Labute approximate surface area is 204 Å². The van der Waals surface area contributed by atoms with Gasteiger partial charge < -0.3 is 0 Å². The molecule has 0 saturated heterocycles. The minimum Gasteiger partial charge on any atom is -0.159 e. The molecule has 2 heteroatoms.